The Morgan fingerprint density at radius 2 is 1.67 bits per heavy atom. The average molecular weight is 236 g/mol. The molecule has 18 heavy (non-hydrogen) atoms. The molecule has 0 atom stereocenters. The van der Waals surface area contributed by atoms with E-state index in [9.17, 15) is 0 Å². The Labute approximate surface area is 108 Å². The number of benzene rings is 2. The van der Waals surface area contributed by atoms with Crippen LogP contribution in [0.25, 0.3) is 0 Å². The first-order valence-corrected chi connectivity index (χ1v) is 6.14. The maximum atomic E-state index is 5.55. The molecule has 1 nitrogen and oxygen atoms in total. The largest absolute Gasteiger partial charge is 0.481 e. The highest BCUT2D eigenvalue weighted by atomic mass is 16.5. The number of hydrogen-bond donors (Lipinski definition) is 0. The molecule has 0 fully saturated rings. The van der Waals surface area contributed by atoms with Crippen LogP contribution in [0.3, 0.4) is 0 Å². The quantitative estimate of drug-likeness (QED) is 0.739. The number of ether oxygens (including phenoxy) is 1. The van der Waals surface area contributed by atoms with E-state index in [1.807, 2.05) is 42.5 Å². The molecule has 1 heteroatoms. The Kier molecular flexibility index (Phi) is 4.44. The van der Waals surface area contributed by atoms with Gasteiger partial charge in [-0.1, -0.05) is 49.1 Å². The Morgan fingerprint density at radius 1 is 0.944 bits per heavy atom. The van der Waals surface area contributed by atoms with E-state index in [0.717, 1.165) is 17.7 Å². The van der Waals surface area contributed by atoms with Gasteiger partial charge in [0.15, 0.2) is 0 Å². The lowest BCUT2D eigenvalue weighted by atomic mass is 10.2. The van der Waals surface area contributed by atoms with Crippen molar-refractivity contribution in [2.45, 2.75) is 13.3 Å². The normalized spacial score (nSPS) is 9.39. The minimum Gasteiger partial charge on any atom is -0.481 e. The van der Waals surface area contributed by atoms with Crippen LogP contribution in [0.15, 0.2) is 54.6 Å². The molecule has 0 aromatic heterocycles. The van der Waals surface area contributed by atoms with Gasteiger partial charge in [-0.2, -0.15) is 0 Å². The van der Waals surface area contributed by atoms with E-state index in [2.05, 4.69) is 30.9 Å². The van der Waals surface area contributed by atoms with E-state index in [-0.39, 0.29) is 0 Å². The highest BCUT2D eigenvalue weighted by Crippen LogP contribution is 2.12. The average Bonchev–Trinajstić information content (AvgIpc) is 2.45. The summed E-state index contributed by atoms with van der Waals surface area (Å²) in [5.41, 5.74) is 2.33. The van der Waals surface area contributed by atoms with Crippen molar-refractivity contribution in [3.05, 3.63) is 65.7 Å². The van der Waals surface area contributed by atoms with Crippen molar-refractivity contribution in [2.75, 3.05) is 6.61 Å². The Hall–Kier alpha value is -2.20. The van der Waals surface area contributed by atoms with Crippen molar-refractivity contribution in [3.63, 3.8) is 0 Å². The van der Waals surface area contributed by atoms with Gasteiger partial charge in [0, 0.05) is 5.56 Å². The molecule has 2 aromatic rings. The summed E-state index contributed by atoms with van der Waals surface area (Å²) >= 11 is 0. The molecule has 0 aliphatic heterocycles. The van der Waals surface area contributed by atoms with Gasteiger partial charge in [-0.3, -0.25) is 0 Å². The lowest BCUT2D eigenvalue weighted by Crippen LogP contribution is -1.94. The molecule has 0 unspecified atom stereocenters. The highest BCUT2D eigenvalue weighted by Gasteiger charge is 1.92. The zero-order valence-corrected chi connectivity index (χ0v) is 10.5. The minimum absolute atomic E-state index is 0.417. The molecule has 0 aliphatic carbocycles. The van der Waals surface area contributed by atoms with Crippen molar-refractivity contribution in [2.24, 2.45) is 0 Å². The predicted molar refractivity (Wildman–Crippen MR) is 74.6 cm³/mol. The number of aryl methyl sites for hydroxylation is 1. The second-order valence-electron chi connectivity index (χ2n) is 3.95. The van der Waals surface area contributed by atoms with Crippen molar-refractivity contribution in [1.82, 2.24) is 0 Å². The topological polar surface area (TPSA) is 9.23 Å². The van der Waals surface area contributed by atoms with Crippen LogP contribution in [0.5, 0.6) is 5.75 Å². The van der Waals surface area contributed by atoms with Gasteiger partial charge in [-0.25, -0.2) is 0 Å². The van der Waals surface area contributed by atoms with E-state index in [1.165, 1.54) is 5.56 Å². The minimum atomic E-state index is 0.417. The van der Waals surface area contributed by atoms with Gasteiger partial charge in [0.25, 0.3) is 0 Å². The van der Waals surface area contributed by atoms with Gasteiger partial charge in [0.1, 0.15) is 12.4 Å². The molecule has 0 N–H and O–H groups in total. The molecule has 0 radical (unpaired) electrons. The molecular weight excluding hydrogens is 220 g/mol. The van der Waals surface area contributed by atoms with Gasteiger partial charge in [-0.15, -0.1) is 0 Å². The monoisotopic (exact) mass is 236 g/mol. The summed E-state index contributed by atoms with van der Waals surface area (Å²) in [4.78, 5) is 0. The summed E-state index contributed by atoms with van der Waals surface area (Å²) in [6.45, 7) is 2.56. The zero-order valence-electron chi connectivity index (χ0n) is 10.5. The molecule has 0 saturated carbocycles. The van der Waals surface area contributed by atoms with E-state index >= 15 is 0 Å². The van der Waals surface area contributed by atoms with E-state index in [1.54, 1.807) is 0 Å². The summed E-state index contributed by atoms with van der Waals surface area (Å²) in [5, 5.41) is 0. The SMILES string of the molecule is CCc1ccc(OCC#Cc2ccccc2)cc1. The second kappa shape index (κ2) is 6.51. The number of rotatable bonds is 3. The smallest absolute Gasteiger partial charge is 0.149 e. The van der Waals surface area contributed by atoms with Crippen LogP contribution in [0.4, 0.5) is 0 Å². The molecule has 0 heterocycles. The van der Waals surface area contributed by atoms with Crippen LogP contribution >= 0.6 is 0 Å². The second-order valence-corrected chi connectivity index (χ2v) is 3.95. The number of hydrogen-bond acceptors (Lipinski definition) is 1. The predicted octanol–water partition coefficient (Wildman–Crippen LogP) is 3.68. The van der Waals surface area contributed by atoms with Crippen molar-refractivity contribution < 1.29 is 4.74 Å². The first-order valence-electron chi connectivity index (χ1n) is 6.14. The fourth-order valence-electron chi connectivity index (χ4n) is 1.60. The lowest BCUT2D eigenvalue weighted by molar-refractivity contribution is 0.370. The third kappa shape index (κ3) is 3.68. The van der Waals surface area contributed by atoms with Gasteiger partial charge >= 0.3 is 0 Å². The van der Waals surface area contributed by atoms with Crippen molar-refractivity contribution in [3.8, 4) is 17.6 Å². The molecule has 2 aromatic carbocycles. The summed E-state index contributed by atoms with van der Waals surface area (Å²) in [6, 6.07) is 18.1. The Balaban J connectivity index is 1.87. The fourth-order valence-corrected chi connectivity index (χ4v) is 1.60. The standard InChI is InChI=1S/C17H16O/c1-2-15-10-12-17(13-11-15)18-14-6-9-16-7-4-3-5-8-16/h3-5,7-8,10-13H,2,14H2,1H3. The first kappa shape index (κ1) is 12.3. The summed E-state index contributed by atoms with van der Waals surface area (Å²) < 4.78 is 5.55. The van der Waals surface area contributed by atoms with Crippen LogP contribution in [-0.4, -0.2) is 6.61 Å². The summed E-state index contributed by atoms with van der Waals surface area (Å²) in [7, 11) is 0. The maximum Gasteiger partial charge on any atom is 0.149 e. The summed E-state index contributed by atoms with van der Waals surface area (Å²) in [5.74, 6) is 6.94. The van der Waals surface area contributed by atoms with E-state index < -0.39 is 0 Å². The van der Waals surface area contributed by atoms with Crippen LogP contribution in [0.1, 0.15) is 18.1 Å². The lowest BCUT2D eigenvalue weighted by Gasteiger charge is -2.02. The highest BCUT2D eigenvalue weighted by molar-refractivity contribution is 5.34. The van der Waals surface area contributed by atoms with Crippen LogP contribution in [0.2, 0.25) is 0 Å². The molecule has 0 bridgehead atoms. The van der Waals surface area contributed by atoms with Crippen molar-refractivity contribution >= 4 is 0 Å². The summed E-state index contributed by atoms with van der Waals surface area (Å²) in [6.07, 6.45) is 1.05. The molecule has 2 rings (SSSR count). The molecule has 0 saturated heterocycles. The third-order valence-corrected chi connectivity index (χ3v) is 2.65. The van der Waals surface area contributed by atoms with Gasteiger partial charge in [0.2, 0.25) is 0 Å². The Morgan fingerprint density at radius 3 is 2.33 bits per heavy atom. The van der Waals surface area contributed by atoms with Crippen LogP contribution < -0.4 is 4.74 Å². The molecule has 0 amide bonds. The fraction of sp³-hybridized carbons (Fsp3) is 0.176. The molecule has 0 spiro atoms. The van der Waals surface area contributed by atoms with Crippen molar-refractivity contribution in [1.29, 1.82) is 0 Å². The van der Waals surface area contributed by atoms with E-state index in [4.69, 9.17) is 4.74 Å². The zero-order chi connectivity index (χ0) is 12.6. The maximum absolute atomic E-state index is 5.55. The molecule has 90 valence electrons. The van der Waals surface area contributed by atoms with Gasteiger partial charge in [0.05, 0.1) is 0 Å². The first-order chi connectivity index (χ1) is 8.88. The van der Waals surface area contributed by atoms with Gasteiger partial charge in [-0.05, 0) is 36.2 Å². The van der Waals surface area contributed by atoms with Gasteiger partial charge < -0.3 is 4.74 Å². The Bertz CT molecular complexity index is 529. The van der Waals surface area contributed by atoms with E-state index in [0.29, 0.717) is 6.61 Å². The van der Waals surface area contributed by atoms with Crippen LogP contribution in [0, 0.1) is 11.8 Å². The van der Waals surface area contributed by atoms with Crippen LogP contribution in [-0.2, 0) is 6.42 Å². The molecule has 0 aliphatic rings. The molecular formula is C17H16O. The third-order valence-electron chi connectivity index (χ3n) is 2.65.